The fourth-order valence-corrected chi connectivity index (χ4v) is 0.678. The van der Waals surface area contributed by atoms with Gasteiger partial charge in [-0.05, 0) is 12.1 Å². The van der Waals surface area contributed by atoms with Gasteiger partial charge in [0.25, 0.3) is 6.47 Å². The number of rotatable bonds is 0. The molecule has 0 unspecified atom stereocenters. The maximum absolute atomic E-state index is 8.45. The number of hydrogen-bond acceptors (Lipinski definition) is 3. The third-order valence-corrected chi connectivity index (χ3v) is 1.17. The van der Waals surface area contributed by atoms with Crippen LogP contribution in [0.1, 0.15) is 11.1 Å². The number of carboxylic acid groups (broad SMARTS) is 1. The van der Waals surface area contributed by atoms with Gasteiger partial charge < -0.3 is 5.11 Å². The van der Waals surface area contributed by atoms with Gasteiger partial charge in [0.1, 0.15) is 12.1 Å². The molecule has 0 aliphatic heterocycles. The lowest BCUT2D eigenvalue weighted by Crippen LogP contribution is -1.79. The van der Waals surface area contributed by atoms with Crippen molar-refractivity contribution in [3.05, 3.63) is 35.4 Å². The molecule has 0 radical (unpaired) electrons. The van der Waals surface area contributed by atoms with Gasteiger partial charge in [0.05, 0.1) is 11.1 Å². The second-order valence-corrected chi connectivity index (χ2v) is 1.87. The van der Waals surface area contributed by atoms with Crippen LogP contribution in [0.2, 0.25) is 0 Å². The summed E-state index contributed by atoms with van der Waals surface area (Å²) in [5.74, 6) is 0. The van der Waals surface area contributed by atoms with Gasteiger partial charge >= 0.3 is 0 Å². The molecule has 0 spiro atoms. The third kappa shape index (κ3) is 3.54. The molecule has 0 heterocycles. The summed E-state index contributed by atoms with van der Waals surface area (Å²) in [6, 6.07) is 10.6. The van der Waals surface area contributed by atoms with E-state index in [0.29, 0.717) is 11.1 Å². The SMILES string of the molecule is N#Cc1ccccc1C#N.O=CO. The van der Waals surface area contributed by atoms with E-state index < -0.39 is 0 Å². The molecule has 0 amide bonds. The van der Waals surface area contributed by atoms with Crippen LogP contribution in [-0.2, 0) is 4.79 Å². The molecule has 1 aromatic rings. The average molecular weight is 174 g/mol. The molecule has 0 fully saturated rings. The molecule has 64 valence electrons. The van der Waals surface area contributed by atoms with Gasteiger partial charge in [0.15, 0.2) is 0 Å². The summed E-state index contributed by atoms with van der Waals surface area (Å²) in [6.45, 7) is -0.250. The summed E-state index contributed by atoms with van der Waals surface area (Å²) in [6.07, 6.45) is 0. The molecule has 0 aliphatic rings. The minimum absolute atomic E-state index is 0.250. The number of benzene rings is 1. The van der Waals surface area contributed by atoms with Gasteiger partial charge in [0.2, 0.25) is 0 Å². The van der Waals surface area contributed by atoms with Gasteiger partial charge in [0, 0.05) is 0 Å². The second-order valence-electron chi connectivity index (χ2n) is 1.87. The summed E-state index contributed by atoms with van der Waals surface area (Å²) in [7, 11) is 0. The van der Waals surface area contributed by atoms with E-state index >= 15 is 0 Å². The highest BCUT2D eigenvalue weighted by atomic mass is 16.3. The van der Waals surface area contributed by atoms with E-state index in [-0.39, 0.29) is 6.47 Å². The van der Waals surface area contributed by atoms with Crippen LogP contribution >= 0.6 is 0 Å². The van der Waals surface area contributed by atoms with E-state index in [2.05, 4.69) is 0 Å². The Morgan fingerprint density at radius 1 is 1.15 bits per heavy atom. The fraction of sp³-hybridized carbons (Fsp3) is 0. The molecule has 4 nitrogen and oxygen atoms in total. The first-order valence-electron chi connectivity index (χ1n) is 3.27. The minimum Gasteiger partial charge on any atom is -0.483 e. The fourth-order valence-electron chi connectivity index (χ4n) is 0.678. The minimum atomic E-state index is -0.250. The van der Waals surface area contributed by atoms with Gasteiger partial charge in [-0.25, -0.2) is 0 Å². The van der Waals surface area contributed by atoms with Crippen LogP contribution in [0.3, 0.4) is 0 Å². The lowest BCUT2D eigenvalue weighted by molar-refractivity contribution is -0.122. The average Bonchev–Trinajstić information content (AvgIpc) is 2.19. The molecule has 0 saturated heterocycles. The number of hydrogen-bond donors (Lipinski definition) is 1. The highest BCUT2D eigenvalue weighted by Gasteiger charge is 1.95. The largest absolute Gasteiger partial charge is 0.483 e. The van der Waals surface area contributed by atoms with Crippen LogP contribution < -0.4 is 0 Å². The maximum atomic E-state index is 8.45. The van der Waals surface area contributed by atoms with Crippen molar-refractivity contribution in [1.82, 2.24) is 0 Å². The zero-order chi connectivity index (χ0) is 10.1. The predicted molar refractivity (Wildman–Crippen MR) is 44.6 cm³/mol. The van der Waals surface area contributed by atoms with E-state index in [1.54, 1.807) is 24.3 Å². The number of carbonyl (C=O) groups is 1. The summed E-state index contributed by atoms with van der Waals surface area (Å²) >= 11 is 0. The van der Waals surface area contributed by atoms with Crippen LogP contribution in [0.5, 0.6) is 0 Å². The summed E-state index contributed by atoms with van der Waals surface area (Å²) in [4.78, 5) is 8.36. The Kier molecular flexibility index (Phi) is 5.24. The second kappa shape index (κ2) is 6.38. The molecule has 4 heteroatoms. The van der Waals surface area contributed by atoms with Gasteiger partial charge in [-0.3, -0.25) is 4.79 Å². The molecule has 1 N–H and O–H groups in total. The lowest BCUT2D eigenvalue weighted by atomic mass is 10.1. The van der Waals surface area contributed by atoms with Crippen LogP contribution in [0.25, 0.3) is 0 Å². The van der Waals surface area contributed by atoms with E-state index in [0.717, 1.165) is 0 Å². The Labute approximate surface area is 75.3 Å². The molecule has 1 aromatic carbocycles. The first kappa shape index (κ1) is 10.7. The highest BCUT2D eigenvalue weighted by molar-refractivity contribution is 5.44. The first-order valence-corrected chi connectivity index (χ1v) is 3.27. The number of nitrogens with zero attached hydrogens (tertiary/aromatic N) is 2. The van der Waals surface area contributed by atoms with Gasteiger partial charge in [-0.15, -0.1) is 0 Å². The Bertz CT molecular complexity index is 328. The standard InChI is InChI=1S/C8H4N2.CH2O2/c9-5-7-3-1-2-4-8(7)6-10;2-1-3/h1-4H;1H,(H,2,3). The molecule has 0 saturated carbocycles. The molecule has 0 aliphatic carbocycles. The Morgan fingerprint density at radius 2 is 1.46 bits per heavy atom. The maximum Gasteiger partial charge on any atom is 0.290 e. The summed E-state index contributed by atoms with van der Waals surface area (Å²) < 4.78 is 0. The third-order valence-electron chi connectivity index (χ3n) is 1.17. The smallest absolute Gasteiger partial charge is 0.290 e. The van der Waals surface area contributed by atoms with E-state index in [1.165, 1.54) is 0 Å². The monoisotopic (exact) mass is 174 g/mol. The molecule has 1 rings (SSSR count). The van der Waals surface area contributed by atoms with Crippen LogP contribution in [-0.4, -0.2) is 11.6 Å². The zero-order valence-corrected chi connectivity index (χ0v) is 6.64. The molecular weight excluding hydrogens is 168 g/mol. The normalized spacial score (nSPS) is 6.92. The molecular formula is C9H6N2O2. The van der Waals surface area contributed by atoms with Crippen LogP contribution in [0.4, 0.5) is 0 Å². The van der Waals surface area contributed by atoms with Crippen molar-refractivity contribution in [3.63, 3.8) is 0 Å². The highest BCUT2D eigenvalue weighted by Crippen LogP contribution is 2.03. The molecule has 0 aromatic heterocycles. The molecule has 0 atom stereocenters. The topological polar surface area (TPSA) is 84.9 Å². The van der Waals surface area contributed by atoms with Crippen LogP contribution in [0, 0.1) is 22.7 Å². The quantitative estimate of drug-likeness (QED) is 0.597. The summed E-state index contributed by atoms with van der Waals surface area (Å²) in [5.41, 5.74) is 0.870. The van der Waals surface area contributed by atoms with Crippen molar-refractivity contribution < 1.29 is 9.90 Å². The predicted octanol–water partition coefficient (Wildman–Crippen LogP) is 1.13. The Morgan fingerprint density at radius 3 is 1.69 bits per heavy atom. The molecule has 0 bridgehead atoms. The van der Waals surface area contributed by atoms with Crippen molar-refractivity contribution in [2.45, 2.75) is 0 Å². The lowest BCUT2D eigenvalue weighted by Gasteiger charge is -1.88. The summed E-state index contributed by atoms with van der Waals surface area (Å²) in [5, 5.41) is 23.8. The first-order chi connectivity index (χ1) is 6.29. The van der Waals surface area contributed by atoms with E-state index in [4.69, 9.17) is 20.4 Å². The van der Waals surface area contributed by atoms with Crippen molar-refractivity contribution in [2.24, 2.45) is 0 Å². The van der Waals surface area contributed by atoms with Crippen molar-refractivity contribution >= 4 is 6.47 Å². The van der Waals surface area contributed by atoms with E-state index in [9.17, 15) is 0 Å². The van der Waals surface area contributed by atoms with Crippen molar-refractivity contribution in [1.29, 1.82) is 10.5 Å². The zero-order valence-electron chi connectivity index (χ0n) is 6.64. The molecule has 13 heavy (non-hydrogen) atoms. The van der Waals surface area contributed by atoms with Crippen molar-refractivity contribution in [3.8, 4) is 12.1 Å². The Hall–Kier alpha value is -2.33. The van der Waals surface area contributed by atoms with Gasteiger partial charge in [-0.1, -0.05) is 12.1 Å². The van der Waals surface area contributed by atoms with Crippen molar-refractivity contribution in [2.75, 3.05) is 0 Å². The van der Waals surface area contributed by atoms with E-state index in [1.807, 2.05) is 12.1 Å². The number of nitriles is 2. The van der Waals surface area contributed by atoms with Crippen LogP contribution in [0.15, 0.2) is 24.3 Å². The van der Waals surface area contributed by atoms with Gasteiger partial charge in [-0.2, -0.15) is 10.5 Å². The Balaban J connectivity index is 0.000000424.